The fourth-order valence-electron chi connectivity index (χ4n) is 4.10. The summed E-state index contributed by atoms with van der Waals surface area (Å²) in [5.41, 5.74) is 2.53. The third kappa shape index (κ3) is 3.93. The van der Waals surface area contributed by atoms with E-state index in [1.807, 2.05) is 53.4 Å². The van der Waals surface area contributed by atoms with Crippen molar-refractivity contribution in [3.05, 3.63) is 66.6 Å². The summed E-state index contributed by atoms with van der Waals surface area (Å²) in [4.78, 5) is 23.8. The van der Waals surface area contributed by atoms with Crippen molar-refractivity contribution in [2.75, 3.05) is 26.1 Å². The van der Waals surface area contributed by atoms with Crippen molar-refractivity contribution in [2.45, 2.75) is 19.0 Å². The highest BCUT2D eigenvalue weighted by Gasteiger charge is 2.32. The van der Waals surface area contributed by atoms with Gasteiger partial charge in [-0.1, -0.05) is 18.2 Å². The van der Waals surface area contributed by atoms with E-state index in [1.165, 1.54) is 6.33 Å². The number of nitrogens with one attached hydrogen (secondary N) is 1. The quantitative estimate of drug-likeness (QED) is 0.468. The Hall–Kier alpha value is -4.14. The molecule has 1 amide bonds. The summed E-state index contributed by atoms with van der Waals surface area (Å²) in [6.07, 6.45) is 3.89. The molecule has 1 N–H and O–H groups in total. The van der Waals surface area contributed by atoms with E-state index in [2.05, 4.69) is 20.4 Å². The van der Waals surface area contributed by atoms with Crippen LogP contribution in [0.15, 0.2) is 61.1 Å². The minimum atomic E-state index is -0.368. The van der Waals surface area contributed by atoms with Gasteiger partial charge in [0.1, 0.15) is 29.7 Å². The van der Waals surface area contributed by atoms with Gasteiger partial charge in [-0.2, -0.15) is 5.10 Å². The van der Waals surface area contributed by atoms with Crippen molar-refractivity contribution in [3.8, 4) is 17.2 Å². The van der Waals surface area contributed by atoms with Gasteiger partial charge in [0, 0.05) is 24.7 Å². The van der Waals surface area contributed by atoms with Crippen LogP contribution in [0.5, 0.6) is 11.5 Å². The van der Waals surface area contributed by atoms with Crippen LogP contribution in [0.25, 0.3) is 16.7 Å². The zero-order valence-electron chi connectivity index (χ0n) is 18.4. The number of anilines is 1. The second-order valence-electron chi connectivity index (χ2n) is 7.77. The Balaban J connectivity index is 1.34. The summed E-state index contributed by atoms with van der Waals surface area (Å²) < 4.78 is 12.5. The van der Waals surface area contributed by atoms with Gasteiger partial charge in [0.15, 0.2) is 5.65 Å². The van der Waals surface area contributed by atoms with Crippen LogP contribution in [0.1, 0.15) is 12.0 Å². The zero-order valence-corrected chi connectivity index (χ0v) is 18.4. The lowest BCUT2D eigenvalue weighted by atomic mass is 10.1. The summed E-state index contributed by atoms with van der Waals surface area (Å²) in [5, 5.41) is 8.56. The predicted molar refractivity (Wildman–Crippen MR) is 124 cm³/mol. The number of likely N-dealkylation sites (tertiary alicyclic amines) is 1. The van der Waals surface area contributed by atoms with E-state index in [0.717, 1.165) is 16.6 Å². The van der Waals surface area contributed by atoms with Crippen LogP contribution in [-0.4, -0.2) is 57.4 Å². The minimum absolute atomic E-state index is 0.0232. The molecule has 1 aliphatic heterocycles. The molecule has 0 saturated carbocycles. The molecule has 3 heterocycles. The molecular weight excluding hydrogens is 420 g/mol. The number of carbonyl (C=O) groups is 1. The zero-order chi connectivity index (χ0) is 22.8. The maximum Gasteiger partial charge on any atom is 0.245 e. The van der Waals surface area contributed by atoms with Gasteiger partial charge in [0.2, 0.25) is 5.91 Å². The molecule has 1 saturated heterocycles. The molecule has 1 unspecified atom stereocenters. The first-order valence-electron chi connectivity index (χ1n) is 10.7. The number of methoxy groups -OCH3 is 2. The summed E-state index contributed by atoms with van der Waals surface area (Å²) in [6, 6.07) is 15.0. The van der Waals surface area contributed by atoms with Gasteiger partial charge in [0.05, 0.1) is 31.5 Å². The Bertz CT molecular complexity index is 1290. The number of hydrogen-bond acceptors (Lipinski definition) is 7. The van der Waals surface area contributed by atoms with E-state index in [4.69, 9.17) is 9.47 Å². The van der Waals surface area contributed by atoms with Crippen LogP contribution >= 0.6 is 0 Å². The lowest BCUT2D eigenvalue weighted by molar-refractivity contribution is -0.128. The number of nitrogens with zero attached hydrogens (tertiary/aromatic N) is 5. The molecule has 4 aromatic rings. The van der Waals surface area contributed by atoms with E-state index < -0.39 is 0 Å². The Morgan fingerprint density at radius 2 is 1.94 bits per heavy atom. The molecule has 0 radical (unpaired) electrons. The minimum Gasteiger partial charge on any atom is -0.497 e. The highest BCUT2D eigenvalue weighted by molar-refractivity contribution is 5.92. The maximum absolute atomic E-state index is 13.1. The molecule has 5 rings (SSSR count). The lowest BCUT2D eigenvalue weighted by Gasteiger charge is -2.19. The van der Waals surface area contributed by atoms with Gasteiger partial charge in [-0.25, -0.2) is 14.6 Å². The first-order chi connectivity index (χ1) is 16.2. The average molecular weight is 444 g/mol. The van der Waals surface area contributed by atoms with Gasteiger partial charge in [-0.05, 0) is 30.7 Å². The summed E-state index contributed by atoms with van der Waals surface area (Å²) in [5.74, 6) is 2.04. The largest absolute Gasteiger partial charge is 0.497 e. The summed E-state index contributed by atoms with van der Waals surface area (Å²) >= 11 is 0. The molecule has 33 heavy (non-hydrogen) atoms. The van der Waals surface area contributed by atoms with E-state index in [1.54, 1.807) is 25.1 Å². The highest BCUT2D eigenvalue weighted by Crippen LogP contribution is 2.28. The van der Waals surface area contributed by atoms with Crippen molar-refractivity contribution in [1.29, 1.82) is 0 Å². The van der Waals surface area contributed by atoms with Crippen molar-refractivity contribution in [2.24, 2.45) is 0 Å². The summed E-state index contributed by atoms with van der Waals surface area (Å²) in [7, 11) is 3.23. The molecular formula is C24H24N6O3. The Morgan fingerprint density at radius 3 is 2.73 bits per heavy atom. The first kappa shape index (κ1) is 20.7. The number of ether oxygens (including phenoxy) is 2. The number of aromatic nitrogens is 4. The molecule has 0 spiro atoms. The topological polar surface area (TPSA) is 94.4 Å². The maximum atomic E-state index is 13.1. The predicted octanol–water partition coefficient (Wildman–Crippen LogP) is 3.05. The van der Waals surface area contributed by atoms with Gasteiger partial charge < -0.3 is 19.7 Å². The van der Waals surface area contributed by atoms with Crippen molar-refractivity contribution >= 4 is 22.8 Å². The molecule has 2 aromatic heterocycles. The third-order valence-corrected chi connectivity index (χ3v) is 5.83. The number of fused-ring (bicyclic) bond motifs is 1. The highest BCUT2D eigenvalue weighted by atomic mass is 16.5. The molecule has 168 valence electrons. The van der Waals surface area contributed by atoms with E-state index >= 15 is 0 Å². The number of para-hydroxylation sites is 1. The average Bonchev–Trinajstić information content (AvgIpc) is 3.44. The third-order valence-electron chi connectivity index (χ3n) is 5.83. The number of rotatable bonds is 7. The molecule has 9 heteroatoms. The molecule has 9 nitrogen and oxygen atoms in total. The van der Waals surface area contributed by atoms with Gasteiger partial charge in [-0.15, -0.1) is 0 Å². The molecule has 1 atom stereocenters. The number of carbonyl (C=O) groups excluding carboxylic acids is 1. The standard InChI is InChI=1S/C24H24N6O3/c1-32-18-9-8-16(21(12-18)33-2)14-29-11-10-20(24(29)31)28-22-19-13-27-30(23(19)26-15-25-22)17-6-4-3-5-7-17/h3-9,12-13,15,20H,10-11,14H2,1-2H3,(H,25,26,28). The van der Waals surface area contributed by atoms with Gasteiger partial charge in [0.25, 0.3) is 0 Å². The van der Waals surface area contributed by atoms with E-state index in [9.17, 15) is 4.79 Å². The normalized spacial score (nSPS) is 15.8. The smallest absolute Gasteiger partial charge is 0.245 e. The Labute approximate surface area is 191 Å². The van der Waals surface area contributed by atoms with Crippen LogP contribution in [0.3, 0.4) is 0 Å². The fourth-order valence-corrected chi connectivity index (χ4v) is 4.10. The van der Waals surface area contributed by atoms with E-state index in [-0.39, 0.29) is 11.9 Å². The molecule has 1 aliphatic rings. The molecule has 0 bridgehead atoms. The van der Waals surface area contributed by atoms with Crippen LogP contribution in [0.2, 0.25) is 0 Å². The van der Waals surface area contributed by atoms with Gasteiger partial charge in [-0.3, -0.25) is 4.79 Å². The van der Waals surface area contributed by atoms with Crippen LogP contribution in [-0.2, 0) is 11.3 Å². The lowest BCUT2D eigenvalue weighted by Crippen LogP contribution is -2.33. The fraction of sp³-hybridized carbons (Fsp3) is 0.250. The van der Waals surface area contributed by atoms with Crippen molar-refractivity contribution < 1.29 is 14.3 Å². The number of amides is 1. The van der Waals surface area contributed by atoms with Crippen LogP contribution < -0.4 is 14.8 Å². The Morgan fingerprint density at radius 1 is 1.09 bits per heavy atom. The molecule has 0 aliphatic carbocycles. The Kier molecular flexibility index (Phi) is 5.52. The van der Waals surface area contributed by atoms with Crippen LogP contribution in [0, 0.1) is 0 Å². The van der Waals surface area contributed by atoms with Crippen molar-refractivity contribution in [1.82, 2.24) is 24.6 Å². The SMILES string of the molecule is COc1ccc(CN2CCC(Nc3ncnc4c3cnn4-c3ccccc3)C2=O)c(OC)c1. The number of benzene rings is 2. The van der Waals surface area contributed by atoms with Crippen molar-refractivity contribution in [3.63, 3.8) is 0 Å². The van der Waals surface area contributed by atoms with Gasteiger partial charge >= 0.3 is 0 Å². The molecule has 1 fully saturated rings. The molecule has 2 aromatic carbocycles. The summed E-state index contributed by atoms with van der Waals surface area (Å²) in [6.45, 7) is 1.11. The second kappa shape index (κ2) is 8.78. The van der Waals surface area contributed by atoms with E-state index in [0.29, 0.717) is 42.5 Å². The number of hydrogen-bond donors (Lipinski definition) is 1. The second-order valence-corrected chi connectivity index (χ2v) is 7.77. The van der Waals surface area contributed by atoms with Crippen LogP contribution in [0.4, 0.5) is 5.82 Å². The first-order valence-corrected chi connectivity index (χ1v) is 10.7. The monoisotopic (exact) mass is 444 g/mol.